The number of hydrogen-bond donors (Lipinski definition) is 1. The summed E-state index contributed by atoms with van der Waals surface area (Å²) in [5.41, 5.74) is 3.86. The number of nitrogens with zero attached hydrogens (tertiary/aromatic N) is 1. The lowest BCUT2D eigenvalue weighted by Gasteiger charge is -2.37. The lowest BCUT2D eigenvalue weighted by Crippen LogP contribution is -2.37. The van der Waals surface area contributed by atoms with E-state index in [1.165, 1.54) is 11.1 Å². The monoisotopic (exact) mass is 341 g/mol. The third-order valence-corrected chi connectivity index (χ3v) is 5.00. The average molecular weight is 341 g/mol. The molecule has 3 rings (SSSR count). The van der Waals surface area contributed by atoms with Gasteiger partial charge in [0.1, 0.15) is 5.75 Å². The maximum Gasteiger partial charge on any atom is 0.160 e. The number of benzene rings is 2. The Morgan fingerprint density at radius 3 is 2.64 bits per heavy atom. The maximum atomic E-state index is 10.1. The van der Waals surface area contributed by atoms with Crippen LogP contribution >= 0.6 is 0 Å². The van der Waals surface area contributed by atoms with Gasteiger partial charge in [0.2, 0.25) is 0 Å². The van der Waals surface area contributed by atoms with Crippen LogP contribution in [-0.2, 0) is 12.8 Å². The fourth-order valence-corrected chi connectivity index (χ4v) is 3.75. The van der Waals surface area contributed by atoms with E-state index in [0.717, 1.165) is 43.7 Å². The van der Waals surface area contributed by atoms with Gasteiger partial charge in [-0.25, -0.2) is 0 Å². The second-order valence-corrected chi connectivity index (χ2v) is 6.58. The fourth-order valence-electron chi connectivity index (χ4n) is 3.75. The Morgan fingerprint density at radius 1 is 1.12 bits per heavy atom. The first-order valence-electron chi connectivity index (χ1n) is 8.93. The van der Waals surface area contributed by atoms with Crippen molar-refractivity contribution in [3.8, 4) is 17.2 Å². The summed E-state index contributed by atoms with van der Waals surface area (Å²) in [6, 6.07) is 12.4. The lowest BCUT2D eigenvalue weighted by atomic mass is 9.88. The van der Waals surface area contributed by atoms with E-state index in [0.29, 0.717) is 11.8 Å². The molecule has 0 unspecified atom stereocenters. The van der Waals surface area contributed by atoms with E-state index in [4.69, 9.17) is 9.47 Å². The van der Waals surface area contributed by atoms with Gasteiger partial charge in [-0.2, -0.15) is 0 Å². The Kier molecular flexibility index (Phi) is 5.49. The summed E-state index contributed by atoms with van der Waals surface area (Å²) in [6.45, 7) is 4.36. The van der Waals surface area contributed by atoms with Crippen molar-refractivity contribution in [2.45, 2.75) is 32.2 Å². The van der Waals surface area contributed by atoms with Crippen molar-refractivity contribution in [3.63, 3.8) is 0 Å². The Hall–Kier alpha value is -2.20. The topological polar surface area (TPSA) is 41.9 Å². The molecule has 1 heterocycles. The number of methoxy groups -OCH3 is 2. The molecule has 0 amide bonds. The molecule has 0 fully saturated rings. The predicted octanol–water partition coefficient (Wildman–Crippen LogP) is 3.96. The van der Waals surface area contributed by atoms with E-state index >= 15 is 0 Å². The minimum atomic E-state index is 0.202. The first-order valence-corrected chi connectivity index (χ1v) is 8.93. The molecule has 134 valence electrons. The van der Waals surface area contributed by atoms with Crippen molar-refractivity contribution in [2.75, 3.05) is 27.3 Å². The molecule has 1 N–H and O–H groups in total. The molecule has 0 radical (unpaired) electrons. The Morgan fingerprint density at radius 2 is 1.96 bits per heavy atom. The molecule has 0 bridgehead atoms. The molecule has 0 aliphatic carbocycles. The van der Waals surface area contributed by atoms with E-state index in [-0.39, 0.29) is 5.75 Å². The summed E-state index contributed by atoms with van der Waals surface area (Å²) in [6.07, 6.45) is 3.06. The van der Waals surface area contributed by atoms with E-state index in [9.17, 15) is 5.11 Å². The van der Waals surface area contributed by atoms with Crippen LogP contribution in [0.4, 0.5) is 0 Å². The van der Waals surface area contributed by atoms with Crippen molar-refractivity contribution in [1.82, 2.24) is 4.90 Å². The fraction of sp³-hybridized carbons (Fsp3) is 0.429. The summed E-state index contributed by atoms with van der Waals surface area (Å²) in [7, 11) is 3.29. The van der Waals surface area contributed by atoms with Gasteiger partial charge >= 0.3 is 0 Å². The third kappa shape index (κ3) is 3.74. The molecule has 0 spiro atoms. The number of phenolic OH excluding ortho intramolecular Hbond substituents is 1. The van der Waals surface area contributed by atoms with Crippen LogP contribution in [0, 0.1) is 0 Å². The van der Waals surface area contributed by atoms with E-state index in [2.05, 4.69) is 24.0 Å². The molecular formula is C21H27NO3. The molecule has 1 aliphatic rings. The molecule has 4 nitrogen and oxygen atoms in total. The summed E-state index contributed by atoms with van der Waals surface area (Å²) < 4.78 is 10.5. The standard InChI is InChI=1S/C21H27NO3/c1-4-10-22-11-9-16-14-17(24-2)6-7-18(16)19(22)12-15-5-8-21(25-3)20(23)13-15/h5-8,13-14,19,23H,4,9-12H2,1-3H3/t19-/m1/s1. The molecule has 1 atom stereocenters. The van der Waals surface area contributed by atoms with Crippen LogP contribution < -0.4 is 9.47 Å². The van der Waals surface area contributed by atoms with E-state index < -0.39 is 0 Å². The predicted molar refractivity (Wildman–Crippen MR) is 99.7 cm³/mol. The van der Waals surface area contributed by atoms with Crippen molar-refractivity contribution in [1.29, 1.82) is 0 Å². The minimum Gasteiger partial charge on any atom is -0.504 e. The summed E-state index contributed by atoms with van der Waals surface area (Å²) in [5.74, 6) is 1.64. The lowest BCUT2D eigenvalue weighted by molar-refractivity contribution is 0.183. The second kappa shape index (κ2) is 7.79. The van der Waals surface area contributed by atoms with Crippen molar-refractivity contribution in [2.24, 2.45) is 0 Å². The highest BCUT2D eigenvalue weighted by molar-refractivity contribution is 5.44. The van der Waals surface area contributed by atoms with Crippen LogP contribution in [-0.4, -0.2) is 37.3 Å². The molecule has 2 aromatic rings. The highest BCUT2D eigenvalue weighted by Gasteiger charge is 2.27. The molecule has 2 aromatic carbocycles. The number of hydrogen-bond acceptors (Lipinski definition) is 4. The molecular weight excluding hydrogens is 314 g/mol. The van der Waals surface area contributed by atoms with Gasteiger partial charge in [0.05, 0.1) is 14.2 Å². The van der Waals surface area contributed by atoms with Crippen LogP contribution in [0.25, 0.3) is 0 Å². The van der Waals surface area contributed by atoms with Gasteiger partial charge in [-0.15, -0.1) is 0 Å². The largest absolute Gasteiger partial charge is 0.504 e. The first kappa shape index (κ1) is 17.6. The number of rotatable bonds is 6. The normalized spacial score (nSPS) is 17.2. The van der Waals surface area contributed by atoms with Gasteiger partial charge in [-0.1, -0.05) is 19.1 Å². The SMILES string of the molecule is CCCN1CCc2cc(OC)ccc2[C@H]1Cc1ccc(OC)c(O)c1. The van der Waals surface area contributed by atoms with E-state index in [1.54, 1.807) is 14.2 Å². The quantitative estimate of drug-likeness (QED) is 0.863. The van der Waals surface area contributed by atoms with Crippen LogP contribution in [0.3, 0.4) is 0 Å². The zero-order valence-corrected chi connectivity index (χ0v) is 15.3. The zero-order valence-electron chi connectivity index (χ0n) is 15.3. The average Bonchev–Trinajstić information content (AvgIpc) is 2.63. The molecule has 0 saturated carbocycles. The first-order chi connectivity index (χ1) is 12.2. The van der Waals surface area contributed by atoms with Crippen molar-refractivity contribution < 1.29 is 14.6 Å². The smallest absolute Gasteiger partial charge is 0.160 e. The number of fused-ring (bicyclic) bond motifs is 1. The summed E-state index contributed by atoms with van der Waals surface area (Å²) in [4.78, 5) is 2.55. The number of ether oxygens (including phenoxy) is 2. The van der Waals surface area contributed by atoms with Gasteiger partial charge in [-0.05, 0) is 66.8 Å². The Labute approximate surface area is 150 Å². The second-order valence-electron chi connectivity index (χ2n) is 6.58. The highest BCUT2D eigenvalue weighted by atomic mass is 16.5. The third-order valence-electron chi connectivity index (χ3n) is 5.00. The van der Waals surface area contributed by atoms with Crippen LogP contribution in [0.1, 0.15) is 36.1 Å². The summed E-state index contributed by atoms with van der Waals surface area (Å²) in [5, 5.41) is 10.1. The van der Waals surface area contributed by atoms with Crippen LogP contribution in [0.15, 0.2) is 36.4 Å². The molecule has 0 aromatic heterocycles. The molecule has 4 heteroatoms. The molecule has 1 aliphatic heterocycles. The zero-order chi connectivity index (χ0) is 17.8. The van der Waals surface area contributed by atoms with Gasteiger partial charge in [0.25, 0.3) is 0 Å². The maximum absolute atomic E-state index is 10.1. The van der Waals surface area contributed by atoms with E-state index in [1.807, 2.05) is 24.3 Å². The van der Waals surface area contributed by atoms with Gasteiger partial charge in [-0.3, -0.25) is 4.90 Å². The Bertz CT molecular complexity index is 729. The van der Waals surface area contributed by atoms with Gasteiger partial charge in [0, 0.05) is 12.6 Å². The van der Waals surface area contributed by atoms with Crippen molar-refractivity contribution in [3.05, 3.63) is 53.1 Å². The van der Waals surface area contributed by atoms with Crippen molar-refractivity contribution >= 4 is 0 Å². The molecule has 0 saturated heterocycles. The molecule has 25 heavy (non-hydrogen) atoms. The number of phenols is 1. The van der Waals surface area contributed by atoms with Crippen LogP contribution in [0.5, 0.6) is 17.2 Å². The van der Waals surface area contributed by atoms with Gasteiger partial charge in [0.15, 0.2) is 11.5 Å². The summed E-state index contributed by atoms with van der Waals surface area (Å²) >= 11 is 0. The minimum absolute atomic E-state index is 0.202. The number of aromatic hydroxyl groups is 1. The van der Waals surface area contributed by atoms with Crippen LogP contribution in [0.2, 0.25) is 0 Å². The Balaban J connectivity index is 1.92. The highest BCUT2D eigenvalue weighted by Crippen LogP contribution is 2.36. The van der Waals surface area contributed by atoms with Gasteiger partial charge < -0.3 is 14.6 Å².